The van der Waals surface area contributed by atoms with E-state index in [9.17, 15) is 19.5 Å². The van der Waals surface area contributed by atoms with E-state index >= 15 is 0 Å². The summed E-state index contributed by atoms with van der Waals surface area (Å²) in [7, 11) is 0. The number of carboxylic acids is 1. The van der Waals surface area contributed by atoms with Crippen LogP contribution in [0.15, 0.2) is 0 Å². The number of carboxylic acid groups (broad SMARTS) is 1. The number of amides is 2. The SMILES string of the molecule is CC(C)[C@H](N)C(=O)N1C(=O)O[C@@]1(C(=O)O)C(C)C. The molecular weight excluding hydrogens is 240 g/mol. The zero-order valence-corrected chi connectivity index (χ0v) is 10.8. The molecule has 1 saturated heterocycles. The molecule has 18 heavy (non-hydrogen) atoms. The van der Waals surface area contributed by atoms with Crippen molar-refractivity contribution in [3.63, 3.8) is 0 Å². The molecule has 2 atom stereocenters. The van der Waals surface area contributed by atoms with Gasteiger partial charge < -0.3 is 15.6 Å². The first-order valence-corrected chi connectivity index (χ1v) is 5.72. The van der Waals surface area contributed by atoms with Gasteiger partial charge in [-0.25, -0.2) is 9.59 Å². The van der Waals surface area contributed by atoms with Gasteiger partial charge in [0.2, 0.25) is 0 Å². The normalized spacial score (nSPS) is 24.8. The van der Waals surface area contributed by atoms with Crippen LogP contribution in [0.4, 0.5) is 4.79 Å². The van der Waals surface area contributed by atoms with Gasteiger partial charge in [0.25, 0.3) is 11.6 Å². The van der Waals surface area contributed by atoms with Crippen LogP contribution in [-0.2, 0) is 14.3 Å². The molecule has 1 aliphatic heterocycles. The largest absolute Gasteiger partial charge is 0.477 e. The number of carbonyl (C=O) groups is 3. The predicted octanol–water partition coefficient (Wildman–Crippen LogP) is 0.385. The third-order valence-electron chi connectivity index (χ3n) is 3.07. The van der Waals surface area contributed by atoms with Crippen LogP contribution in [0.1, 0.15) is 27.7 Å². The number of carbonyl (C=O) groups excluding carboxylic acids is 2. The van der Waals surface area contributed by atoms with Gasteiger partial charge in [-0.1, -0.05) is 27.7 Å². The number of hydrogen-bond donors (Lipinski definition) is 2. The van der Waals surface area contributed by atoms with Gasteiger partial charge in [-0.2, -0.15) is 4.90 Å². The lowest BCUT2D eigenvalue weighted by Gasteiger charge is -2.49. The summed E-state index contributed by atoms with van der Waals surface area (Å²) >= 11 is 0. The second-order valence-electron chi connectivity index (χ2n) is 4.97. The Bertz CT molecular complexity index is 393. The molecule has 0 radical (unpaired) electrons. The zero-order valence-electron chi connectivity index (χ0n) is 10.8. The summed E-state index contributed by atoms with van der Waals surface area (Å²) in [5.74, 6) is -2.88. The van der Waals surface area contributed by atoms with E-state index in [-0.39, 0.29) is 5.92 Å². The first kappa shape index (κ1) is 14.4. The first-order chi connectivity index (χ1) is 8.16. The monoisotopic (exact) mass is 258 g/mol. The van der Waals surface area contributed by atoms with E-state index in [1.165, 1.54) is 0 Å². The van der Waals surface area contributed by atoms with E-state index in [2.05, 4.69) is 0 Å². The van der Waals surface area contributed by atoms with E-state index in [1.807, 2.05) is 0 Å². The lowest BCUT2D eigenvalue weighted by atomic mass is 9.93. The summed E-state index contributed by atoms with van der Waals surface area (Å²) in [6.45, 7) is 6.54. The molecule has 7 heteroatoms. The topological polar surface area (TPSA) is 110 Å². The number of hydrogen-bond acceptors (Lipinski definition) is 5. The summed E-state index contributed by atoms with van der Waals surface area (Å²) in [5.41, 5.74) is 3.73. The van der Waals surface area contributed by atoms with Crippen molar-refractivity contribution in [2.24, 2.45) is 17.6 Å². The smallest absolute Gasteiger partial charge is 0.423 e. The Balaban J connectivity index is 3.09. The van der Waals surface area contributed by atoms with Crippen LogP contribution >= 0.6 is 0 Å². The van der Waals surface area contributed by atoms with Gasteiger partial charge in [0.05, 0.1) is 6.04 Å². The van der Waals surface area contributed by atoms with Crippen molar-refractivity contribution < 1.29 is 24.2 Å². The summed E-state index contributed by atoms with van der Waals surface area (Å²) < 4.78 is 4.72. The minimum Gasteiger partial charge on any atom is -0.477 e. The van der Waals surface area contributed by atoms with Crippen LogP contribution in [0.3, 0.4) is 0 Å². The van der Waals surface area contributed by atoms with Gasteiger partial charge in [-0.05, 0) is 5.92 Å². The van der Waals surface area contributed by atoms with Crippen LogP contribution in [-0.4, -0.2) is 39.7 Å². The fraction of sp³-hybridized carbons (Fsp3) is 0.727. The zero-order chi connectivity index (χ0) is 14.2. The average Bonchev–Trinajstić information content (AvgIpc) is 2.22. The van der Waals surface area contributed by atoms with Crippen molar-refractivity contribution in [3.8, 4) is 0 Å². The molecule has 1 aliphatic rings. The molecule has 0 aromatic rings. The Kier molecular flexibility index (Phi) is 3.66. The number of imide groups is 1. The number of nitrogens with zero attached hydrogens (tertiary/aromatic N) is 1. The fourth-order valence-electron chi connectivity index (χ4n) is 1.77. The van der Waals surface area contributed by atoms with Gasteiger partial charge in [-0.15, -0.1) is 0 Å². The Hall–Kier alpha value is -1.63. The average molecular weight is 258 g/mol. The van der Waals surface area contributed by atoms with Crippen LogP contribution in [0.25, 0.3) is 0 Å². The van der Waals surface area contributed by atoms with Crippen molar-refractivity contribution in [3.05, 3.63) is 0 Å². The molecular formula is C11H18N2O5. The molecule has 0 aliphatic carbocycles. The van der Waals surface area contributed by atoms with Gasteiger partial charge in [0, 0.05) is 5.92 Å². The first-order valence-electron chi connectivity index (χ1n) is 5.72. The molecule has 0 saturated carbocycles. The molecule has 0 bridgehead atoms. The molecule has 1 rings (SSSR count). The Morgan fingerprint density at radius 1 is 1.33 bits per heavy atom. The van der Waals surface area contributed by atoms with Crippen LogP contribution in [0.5, 0.6) is 0 Å². The Morgan fingerprint density at radius 3 is 2.11 bits per heavy atom. The van der Waals surface area contributed by atoms with E-state index in [1.54, 1.807) is 27.7 Å². The third-order valence-corrected chi connectivity index (χ3v) is 3.07. The van der Waals surface area contributed by atoms with Crippen molar-refractivity contribution in [1.29, 1.82) is 0 Å². The molecule has 0 spiro atoms. The van der Waals surface area contributed by atoms with Crippen LogP contribution in [0, 0.1) is 11.8 Å². The van der Waals surface area contributed by atoms with Gasteiger partial charge in [0.15, 0.2) is 0 Å². The number of rotatable bonds is 4. The van der Waals surface area contributed by atoms with E-state index in [4.69, 9.17) is 10.5 Å². The van der Waals surface area contributed by atoms with Crippen molar-refractivity contribution in [2.45, 2.75) is 39.5 Å². The summed E-state index contributed by atoms with van der Waals surface area (Å²) in [5, 5.41) is 9.20. The lowest BCUT2D eigenvalue weighted by molar-refractivity contribution is -0.227. The maximum absolute atomic E-state index is 12.0. The molecule has 0 aromatic carbocycles. The number of nitrogens with two attached hydrogens (primary N) is 1. The standard InChI is InChI=1S/C11H18N2O5/c1-5(2)7(12)8(14)13-10(17)18-11(13,6(3)4)9(15)16/h5-7H,12H2,1-4H3,(H,15,16)/t7-,11+/m0/s1. The summed E-state index contributed by atoms with van der Waals surface area (Å²) in [6, 6.07) is -0.935. The molecule has 7 nitrogen and oxygen atoms in total. The molecule has 102 valence electrons. The fourth-order valence-corrected chi connectivity index (χ4v) is 1.77. The van der Waals surface area contributed by atoms with Crippen molar-refractivity contribution in [2.75, 3.05) is 0 Å². The van der Waals surface area contributed by atoms with E-state index in [0.29, 0.717) is 4.90 Å². The quantitative estimate of drug-likeness (QED) is 0.754. The molecule has 2 amide bonds. The molecule has 1 fully saturated rings. The minimum atomic E-state index is -1.93. The highest BCUT2D eigenvalue weighted by Crippen LogP contribution is 2.37. The van der Waals surface area contributed by atoms with E-state index in [0.717, 1.165) is 0 Å². The summed E-state index contributed by atoms with van der Waals surface area (Å²) in [6.07, 6.45) is -0.966. The van der Waals surface area contributed by atoms with Gasteiger partial charge >= 0.3 is 12.1 Å². The third kappa shape index (κ3) is 1.84. The highest BCUT2D eigenvalue weighted by Gasteiger charge is 2.65. The second kappa shape index (κ2) is 4.56. The lowest BCUT2D eigenvalue weighted by Crippen LogP contribution is -2.75. The number of aliphatic carboxylic acids is 1. The van der Waals surface area contributed by atoms with Crippen LogP contribution in [0.2, 0.25) is 0 Å². The number of cyclic esters (lactones) is 1. The van der Waals surface area contributed by atoms with E-state index < -0.39 is 35.7 Å². The minimum absolute atomic E-state index is 0.204. The van der Waals surface area contributed by atoms with Crippen molar-refractivity contribution >= 4 is 18.0 Å². The highest BCUT2D eigenvalue weighted by molar-refractivity contribution is 6.05. The number of ether oxygens (including phenoxy) is 1. The molecule has 0 unspecified atom stereocenters. The van der Waals surface area contributed by atoms with Crippen LogP contribution < -0.4 is 5.73 Å². The summed E-state index contributed by atoms with van der Waals surface area (Å²) in [4.78, 5) is 35.3. The molecule has 1 heterocycles. The Labute approximate surface area is 105 Å². The maximum atomic E-state index is 12.0. The molecule has 3 N–H and O–H groups in total. The maximum Gasteiger partial charge on any atom is 0.423 e. The van der Waals surface area contributed by atoms with Crippen molar-refractivity contribution in [1.82, 2.24) is 4.90 Å². The highest BCUT2D eigenvalue weighted by atomic mass is 16.7. The Morgan fingerprint density at radius 2 is 1.83 bits per heavy atom. The van der Waals surface area contributed by atoms with Gasteiger partial charge in [0.1, 0.15) is 0 Å². The second-order valence-corrected chi connectivity index (χ2v) is 4.97. The predicted molar refractivity (Wildman–Crippen MR) is 61.3 cm³/mol. The molecule has 0 aromatic heterocycles. The van der Waals surface area contributed by atoms with Gasteiger partial charge in [-0.3, -0.25) is 4.79 Å².